The van der Waals surface area contributed by atoms with Crippen molar-refractivity contribution in [3.63, 3.8) is 0 Å². The second-order valence-corrected chi connectivity index (χ2v) is 3.76. The molecule has 2 N–H and O–H groups in total. The number of rotatable bonds is 6. The summed E-state index contributed by atoms with van der Waals surface area (Å²) in [6.45, 7) is -0.113. The zero-order valence-electron chi connectivity index (χ0n) is 10.3. The van der Waals surface area contributed by atoms with Crippen LogP contribution in [0.5, 0.6) is 0 Å². The normalized spacial score (nSPS) is 14.7. The highest BCUT2D eigenvalue weighted by atomic mass is 16.7. The summed E-state index contributed by atoms with van der Waals surface area (Å²) >= 11 is 0. The quantitative estimate of drug-likeness (QED) is 0.460. The fraction of sp³-hybridized carbons (Fsp3) is 0.364. The average molecular weight is 284 g/mol. The van der Waals surface area contributed by atoms with Crippen molar-refractivity contribution in [3.05, 3.63) is 12.2 Å². The minimum Gasteiger partial charge on any atom is -0.478 e. The van der Waals surface area contributed by atoms with Crippen molar-refractivity contribution in [1.82, 2.24) is 10.4 Å². The van der Waals surface area contributed by atoms with E-state index in [2.05, 4.69) is 10.2 Å². The molecule has 0 aromatic carbocycles. The van der Waals surface area contributed by atoms with Gasteiger partial charge in [-0.2, -0.15) is 0 Å². The van der Waals surface area contributed by atoms with Crippen LogP contribution in [0.3, 0.4) is 0 Å². The molecule has 20 heavy (non-hydrogen) atoms. The molecule has 9 heteroatoms. The molecule has 108 valence electrons. The first-order valence-corrected chi connectivity index (χ1v) is 5.65. The van der Waals surface area contributed by atoms with E-state index in [0.29, 0.717) is 11.1 Å². The van der Waals surface area contributed by atoms with Crippen LogP contribution in [-0.2, 0) is 28.8 Å². The summed E-state index contributed by atoms with van der Waals surface area (Å²) in [5.74, 6) is -3.98. The lowest BCUT2D eigenvalue weighted by Crippen LogP contribution is -2.33. The number of carbonyl (C=O) groups excluding carboxylic acids is 4. The number of amides is 3. The molecule has 0 spiro atoms. The lowest BCUT2D eigenvalue weighted by atomic mass is 10.4. The van der Waals surface area contributed by atoms with Gasteiger partial charge in [0.15, 0.2) is 0 Å². The van der Waals surface area contributed by atoms with E-state index in [4.69, 9.17) is 5.11 Å². The Bertz CT molecular complexity index is 467. The smallest absolute Gasteiger partial charge is 0.334 e. The molecule has 1 rings (SSSR count). The third-order valence-corrected chi connectivity index (χ3v) is 2.20. The molecule has 0 aliphatic carbocycles. The van der Waals surface area contributed by atoms with Gasteiger partial charge in [0.2, 0.25) is 5.91 Å². The van der Waals surface area contributed by atoms with Crippen molar-refractivity contribution >= 4 is 29.7 Å². The number of nitrogens with zero attached hydrogens (tertiary/aromatic N) is 1. The Morgan fingerprint density at radius 1 is 1.20 bits per heavy atom. The molecule has 0 aromatic heterocycles. The Morgan fingerprint density at radius 3 is 2.35 bits per heavy atom. The number of hydrogen-bond donors (Lipinski definition) is 2. The van der Waals surface area contributed by atoms with Crippen LogP contribution in [0.4, 0.5) is 0 Å². The van der Waals surface area contributed by atoms with E-state index in [1.807, 2.05) is 0 Å². The van der Waals surface area contributed by atoms with Gasteiger partial charge in [0.25, 0.3) is 11.8 Å². The Hall–Kier alpha value is -2.71. The maximum Gasteiger partial charge on any atom is 0.334 e. The van der Waals surface area contributed by atoms with Gasteiger partial charge in [-0.15, -0.1) is 5.06 Å². The van der Waals surface area contributed by atoms with Crippen LogP contribution in [0.15, 0.2) is 12.2 Å². The number of hydrogen-bond acceptors (Lipinski definition) is 6. The molecule has 0 bridgehead atoms. The zero-order chi connectivity index (χ0) is 15.1. The molecular formula is C11H12N2O7. The molecule has 0 aromatic rings. The summed E-state index contributed by atoms with van der Waals surface area (Å²) in [5, 5.41) is 10.9. The SMILES string of the molecule is O=C(O)/C=C\C(=O)NCCC(=O)ON1C(=O)CCC1=O. The van der Waals surface area contributed by atoms with E-state index in [-0.39, 0.29) is 25.8 Å². The fourth-order valence-electron chi connectivity index (χ4n) is 1.30. The summed E-state index contributed by atoms with van der Waals surface area (Å²) in [7, 11) is 0. The first-order chi connectivity index (χ1) is 9.40. The Balaban J connectivity index is 2.27. The monoisotopic (exact) mass is 284 g/mol. The average Bonchev–Trinajstić information content (AvgIpc) is 2.68. The maximum atomic E-state index is 11.3. The van der Waals surface area contributed by atoms with Crippen LogP contribution < -0.4 is 5.32 Å². The molecule has 0 saturated carbocycles. The number of carboxylic acids is 1. The summed E-state index contributed by atoms with van der Waals surface area (Å²) in [5.41, 5.74) is 0. The van der Waals surface area contributed by atoms with Gasteiger partial charge < -0.3 is 15.3 Å². The van der Waals surface area contributed by atoms with Crippen molar-refractivity contribution in [2.45, 2.75) is 19.3 Å². The minimum absolute atomic E-state index is 0.00281. The van der Waals surface area contributed by atoms with Crippen molar-refractivity contribution in [1.29, 1.82) is 0 Å². The summed E-state index contributed by atoms with van der Waals surface area (Å²) in [6.07, 6.45) is 1.19. The maximum absolute atomic E-state index is 11.3. The number of nitrogens with one attached hydrogen (secondary N) is 1. The standard InChI is InChI=1S/C11H12N2O7/c14-7(1-4-10(17)18)12-6-5-11(19)20-13-8(15)2-3-9(13)16/h1,4H,2-3,5-6H2,(H,12,14)(H,17,18)/b4-1-. The predicted molar refractivity (Wildman–Crippen MR) is 61.6 cm³/mol. The number of imide groups is 1. The third kappa shape index (κ3) is 4.88. The molecule has 1 saturated heterocycles. The number of hydroxylamine groups is 2. The van der Waals surface area contributed by atoms with Crippen LogP contribution in [0.2, 0.25) is 0 Å². The number of carbonyl (C=O) groups is 5. The van der Waals surface area contributed by atoms with Gasteiger partial charge in [0.1, 0.15) is 0 Å². The highest BCUT2D eigenvalue weighted by molar-refractivity contribution is 6.01. The summed E-state index contributed by atoms with van der Waals surface area (Å²) in [4.78, 5) is 59.3. The van der Waals surface area contributed by atoms with Crippen LogP contribution in [0, 0.1) is 0 Å². The molecular weight excluding hydrogens is 272 g/mol. The van der Waals surface area contributed by atoms with Gasteiger partial charge in [0, 0.05) is 31.5 Å². The van der Waals surface area contributed by atoms with Crippen LogP contribution in [0.25, 0.3) is 0 Å². The Morgan fingerprint density at radius 2 is 1.80 bits per heavy atom. The van der Waals surface area contributed by atoms with Crippen molar-refractivity contribution in [2.75, 3.05) is 6.54 Å². The van der Waals surface area contributed by atoms with E-state index in [0.717, 1.165) is 6.08 Å². The zero-order valence-corrected chi connectivity index (χ0v) is 10.3. The topological polar surface area (TPSA) is 130 Å². The van der Waals surface area contributed by atoms with E-state index in [9.17, 15) is 24.0 Å². The third-order valence-electron chi connectivity index (χ3n) is 2.20. The first kappa shape index (κ1) is 15.3. The van der Waals surface area contributed by atoms with E-state index >= 15 is 0 Å². The Kier molecular flexibility index (Phi) is 5.39. The second-order valence-electron chi connectivity index (χ2n) is 3.76. The van der Waals surface area contributed by atoms with Crippen molar-refractivity contribution < 1.29 is 33.9 Å². The fourth-order valence-corrected chi connectivity index (χ4v) is 1.30. The van der Waals surface area contributed by atoms with Gasteiger partial charge >= 0.3 is 11.9 Å². The molecule has 1 heterocycles. The van der Waals surface area contributed by atoms with E-state index < -0.39 is 29.7 Å². The van der Waals surface area contributed by atoms with Crippen molar-refractivity contribution in [3.8, 4) is 0 Å². The predicted octanol–water partition coefficient (Wildman–Crippen LogP) is -1.26. The van der Waals surface area contributed by atoms with Crippen LogP contribution in [-0.4, -0.2) is 46.4 Å². The van der Waals surface area contributed by atoms with Gasteiger partial charge in [-0.25, -0.2) is 9.59 Å². The van der Waals surface area contributed by atoms with Crippen LogP contribution in [0.1, 0.15) is 19.3 Å². The molecule has 3 amide bonds. The molecule has 1 aliphatic rings. The van der Waals surface area contributed by atoms with E-state index in [1.165, 1.54) is 0 Å². The summed E-state index contributed by atoms with van der Waals surface area (Å²) in [6, 6.07) is 0. The molecule has 0 unspecified atom stereocenters. The number of aliphatic carboxylic acids is 1. The lowest BCUT2D eigenvalue weighted by Gasteiger charge is -2.12. The second kappa shape index (κ2) is 7.02. The van der Waals surface area contributed by atoms with Gasteiger partial charge in [-0.3, -0.25) is 14.4 Å². The molecule has 1 fully saturated rings. The largest absolute Gasteiger partial charge is 0.478 e. The Labute approximate surface area is 113 Å². The summed E-state index contributed by atoms with van der Waals surface area (Å²) < 4.78 is 0. The molecule has 0 radical (unpaired) electrons. The van der Waals surface area contributed by atoms with Crippen LogP contribution >= 0.6 is 0 Å². The number of carboxylic acid groups (broad SMARTS) is 1. The highest BCUT2D eigenvalue weighted by Gasteiger charge is 2.32. The van der Waals surface area contributed by atoms with Gasteiger partial charge in [-0.05, 0) is 0 Å². The van der Waals surface area contributed by atoms with Gasteiger partial charge in [0.05, 0.1) is 6.42 Å². The first-order valence-electron chi connectivity index (χ1n) is 5.65. The minimum atomic E-state index is -1.27. The molecule has 0 atom stereocenters. The molecule has 9 nitrogen and oxygen atoms in total. The molecule has 1 aliphatic heterocycles. The van der Waals surface area contributed by atoms with Gasteiger partial charge in [-0.1, -0.05) is 0 Å². The highest BCUT2D eigenvalue weighted by Crippen LogP contribution is 2.12. The van der Waals surface area contributed by atoms with E-state index in [1.54, 1.807) is 0 Å². The van der Waals surface area contributed by atoms with Crippen molar-refractivity contribution in [2.24, 2.45) is 0 Å². The lowest BCUT2D eigenvalue weighted by molar-refractivity contribution is -0.197.